The van der Waals surface area contributed by atoms with Crippen molar-refractivity contribution < 1.29 is 33.4 Å². The van der Waals surface area contributed by atoms with Gasteiger partial charge in [-0.3, -0.25) is 14.4 Å². The number of benzene rings is 1. The number of methoxy groups -OCH3 is 2. The third kappa shape index (κ3) is 7.24. The number of likely N-dealkylation sites (N-methyl/N-ethyl adjacent to an activating group) is 1. The first kappa shape index (κ1) is 26.2. The van der Waals surface area contributed by atoms with E-state index in [2.05, 4.69) is 5.32 Å². The number of amides is 3. The van der Waals surface area contributed by atoms with Crippen molar-refractivity contribution >= 4 is 17.9 Å². The summed E-state index contributed by atoms with van der Waals surface area (Å²) in [6.45, 7) is 6.11. The minimum absolute atomic E-state index is 0.0864. The number of hydroxylamine groups is 2. The fraction of sp³-hybridized carbons (Fsp3) is 0.609. The van der Waals surface area contributed by atoms with E-state index in [9.17, 15) is 14.4 Å². The largest absolute Gasteiger partial charge is 0.497 e. The number of carbonyl (C=O) groups excluding carboxylic acids is 3. The number of hydrogen-bond acceptors (Lipinski definition) is 7. The molecule has 1 fully saturated rings. The van der Waals surface area contributed by atoms with Crippen LogP contribution >= 0.6 is 0 Å². The molecule has 2 rings (SSSR count). The molecule has 1 aliphatic heterocycles. The third-order valence-electron chi connectivity index (χ3n) is 5.36. The standard InChI is InChI=1S/C23H35N3O7/c1-23(2,3)33-22(29)24-18(21(28)25(4)32-7)12-15-10-11-26(20(15)27)14-16-8-9-17(30-5)13-19(16)31-6/h8-9,13,15,18H,10-12,14H2,1-7H3,(H,24,29)/t15-,18-/m0/s1. The van der Waals surface area contributed by atoms with Crippen LogP contribution in [0, 0.1) is 5.92 Å². The highest BCUT2D eigenvalue weighted by molar-refractivity contribution is 5.87. The lowest BCUT2D eigenvalue weighted by Gasteiger charge is -2.26. The van der Waals surface area contributed by atoms with E-state index in [0.717, 1.165) is 10.6 Å². The Labute approximate surface area is 195 Å². The molecule has 3 amide bonds. The maximum Gasteiger partial charge on any atom is 0.408 e. The van der Waals surface area contributed by atoms with Gasteiger partial charge in [-0.2, -0.15) is 0 Å². The van der Waals surface area contributed by atoms with Crippen molar-refractivity contribution in [3.8, 4) is 11.5 Å². The van der Waals surface area contributed by atoms with Crippen LogP contribution in [0.15, 0.2) is 18.2 Å². The SMILES string of the molecule is COc1ccc(CN2CC[C@@H](C[C@H](NC(=O)OC(C)(C)C)C(=O)N(C)OC)C2=O)c(OC)c1. The van der Waals surface area contributed by atoms with E-state index in [-0.39, 0.29) is 12.3 Å². The first-order valence-electron chi connectivity index (χ1n) is 10.8. The summed E-state index contributed by atoms with van der Waals surface area (Å²) in [6.07, 6.45) is -0.0233. The highest BCUT2D eigenvalue weighted by Gasteiger charge is 2.37. The van der Waals surface area contributed by atoms with Crippen LogP contribution in [0.2, 0.25) is 0 Å². The predicted molar refractivity (Wildman–Crippen MR) is 121 cm³/mol. The number of ether oxygens (including phenoxy) is 3. The summed E-state index contributed by atoms with van der Waals surface area (Å²) in [6, 6.07) is 4.49. The molecule has 1 aromatic carbocycles. The molecule has 1 aromatic rings. The maximum absolute atomic E-state index is 13.1. The van der Waals surface area contributed by atoms with Gasteiger partial charge in [-0.05, 0) is 45.7 Å². The molecule has 33 heavy (non-hydrogen) atoms. The normalized spacial score (nSPS) is 16.9. The lowest BCUT2D eigenvalue weighted by atomic mass is 9.97. The Morgan fingerprint density at radius 2 is 1.91 bits per heavy atom. The molecule has 1 saturated heterocycles. The molecule has 10 nitrogen and oxygen atoms in total. The molecule has 1 N–H and O–H groups in total. The summed E-state index contributed by atoms with van der Waals surface area (Å²) < 4.78 is 15.9. The van der Waals surface area contributed by atoms with Crippen LogP contribution < -0.4 is 14.8 Å². The summed E-state index contributed by atoms with van der Waals surface area (Å²) in [7, 11) is 5.95. The van der Waals surface area contributed by atoms with Crippen LogP contribution in [0.4, 0.5) is 4.79 Å². The van der Waals surface area contributed by atoms with Crippen molar-refractivity contribution in [2.75, 3.05) is 34.9 Å². The van der Waals surface area contributed by atoms with Crippen molar-refractivity contribution in [1.29, 1.82) is 0 Å². The average Bonchev–Trinajstić information content (AvgIpc) is 3.10. The van der Waals surface area contributed by atoms with Crippen LogP contribution in [-0.2, 0) is 25.7 Å². The van der Waals surface area contributed by atoms with Gasteiger partial charge in [0.1, 0.15) is 23.1 Å². The van der Waals surface area contributed by atoms with Crippen molar-refractivity contribution in [3.63, 3.8) is 0 Å². The van der Waals surface area contributed by atoms with Crippen molar-refractivity contribution in [2.24, 2.45) is 5.92 Å². The summed E-state index contributed by atoms with van der Waals surface area (Å²) in [4.78, 5) is 44.9. The minimum atomic E-state index is -0.964. The fourth-order valence-electron chi connectivity index (χ4n) is 3.63. The molecular weight excluding hydrogens is 430 g/mol. The number of alkyl carbamates (subject to hydrolysis) is 1. The van der Waals surface area contributed by atoms with Crippen LogP contribution in [0.1, 0.15) is 39.2 Å². The van der Waals surface area contributed by atoms with Crippen LogP contribution in [-0.4, -0.2) is 74.4 Å². The lowest BCUT2D eigenvalue weighted by Crippen LogP contribution is -2.49. The molecule has 0 bridgehead atoms. The second-order valence-electron chi connectivity index (χ2n) is 8.88. The number of carbonyl (C=O) groups is 3. The molecule has 0 aromatic heterocycles. The Morgan fingerprint density at radius 3 is 2.48 bits per heavy atom. The van der Waals surface area contributed by atoms with E-state index >= 15 is 0 Å². The van der Waals surface area contributed by atoms with Gasteiger partial charge in [-0.25, -0.2) is 9.86 Å². The van der Waals surface area contributed by atoms with Gasteiger partial charge >= 0.3 is 6.09 Å². The van der Waals surface area contributed by atoms with Gasteiger partial charge in [0.2, 0.25) is 5.91 Å². The molecule has 0 aliphatic carbocycles. The summed E-state index contributed by atoms with van der Waals surface area (Å²) in [5.74, 6) is 0.316. The summed E-state index contributed by atoms with van der Waals surface area (Å²) >= 11 is 0. The molecule has 0 radical (unpaired) electrons. The van der Waals surface area contributed by atoms with Crippen molar-refractivity contribution in [1.82, 2.24) is 15.3 Å². The van der Waals surface area contributed by atoms with Crippen LogP contribution in [0.3, 0.4) is 0 Å². The number of likely N-dealkylation sites (tertiary alicyclic amines) is 1. The van der Waals surface area contributed by atoms with Gasteiger partial charge in [-0.1, -0.05) is 0 Å². The second kappa shape index (κ2) is 11.2. The van der Waals surface area contributed by atoms with Gasteiger partial charge in [0, 0.05) is 37.7 Å². The monoisotopic (exact) mass is 465 g/mol. The van der Waals surface area contributed by atoms with Gasteiger partial charge in [-0.15, -0.1) is 0 Å². The van der Waals surface area contributed by atoms with E-state index in [1.165, 1.54) is 14.2 Å². The number of nitrogens with zero attached hydrogens (tertiary/aromatic N) is 2. The minimum Gasteiger partial charge on any atom is -0.497 e. The van der Waals surface area contributed by atoms with E-state index in [1.54, 1.807) is 46.0 Å². The van der Waals surface area contributed by atoms with Gasteiger partial charge in [0.15, 0.2) is 0 Å². The molecular formula is C23H35N3O7. The van der Waals surface area contributed by atoms with Gasteiger partial charge in [0.25, 0.3) is 5.91 Å². The predicted octanol–water partition coefficient (Wildman–Crippen LogP) is 2.36. The molecule has 10 heteroatoms. The van der Waals surface area contributed by atoms with Gasteiger partial charge < -0.3 is 24.4 Å². The zero-order valence-electron chi connectivity index (χ0n) is 20.5. The third-order valence-corrected chi connectivity index (χ3v) is 5.36. The second-order valence-corrected chi connectivity index (χ2v) is 8.88. The first-order chi connectivity index (χ1) is 15.5. The first-order valence-corrected chi connectivity index (χ1v) is 10.8. The number of rotatable bonds is 9. The Bertz CT molecular complexity index is 853. The summed E-state index contributed by atoms with van der Waals surface area (Å²) in [5.41, 5.74) is 0.133. The van der Waals surface area contributed by atoms with E-state index in [0.29, 0.717) is 31.0 Å². The highest BCUT2D eigenvalue weighted by Crippen LogP contribution is 2.30. The van der Waals surface area contributed by atoms with Gasteiger partial charge in [0.05, 0.1) is 21.3 Å². The quantitative estimate of drug-likeness (QED) is 0.558. The highest BCUT2D eigenvalue weighted by atomic mass is 16.7. The maximum atomic E-state index is 13.1. The molecule has 1 heterocycles. The number of hydrogen-bond donors (Lipinski definition) is 1. The van der Waals surface area contributed by atoms with E-state index in [1.807, 2.05) is 12.1 Å². The molecule has 0 unspecified atom stereocenters. The molecule has 2 atom stereocenters. The van der Waals surface area contributed by atoms with Crippen LogP contribution in [0.5, 0.6) is 11.5 Å². The molecule has 184 valence electrons. The molecule has 1 aliphatic rings. The average molecular weight is 466 g/mol. The fourth-order valence-corrected chi connectivity index (χ4v) is 3.63. The Hall–Kier alpha value is -3.01. The Balaban J connectivity index is 2.11. The Kier molecular flexibility index (Phi) is 8.92. The van der Waals surface area contributed by atoms with E-state index < -0.39 is 29.6 Å². The van der Waals surface area contributed by atoms with E-state index in [4.69, 9.17) is 19.0 Å². The topological polar surface area (TPSA) is 107 Å². The van der Waals surface area contributed by atoms with Crippen molar-refractivity contribution in [3.05, 3.63) is 23.8 Å². The molecule has 0 saturated carbocycles. The Morgan fingerprint density at radius 1 is 1.21 bits per heavy atom. The zero-order chi connectivity index (χ0) is 24.8. The smallest absolute Gasteiger partial charge is 0.408 e. The lowest BCUT2D eigenvalue weighted by molar-refractivity contribution is -0.171. The zero-order valence-corrected chi connectivity index (χ0v) is 20.5. The number of nitrogens with one attached hydrogen (secondary N) is 1. The van der Waals surface area contributed by atoms with Crippen molar-refractivity contribution in [2.45, 2.75) is 51.8 Å². The molecule has 0 spiro atoms. The summed E-state index contributed by atoms with van der Waals surface area (Å²) in [5, 5.41) is 3.62. The van der Waals surface area contributed by atoms with Crippen LogP contribution in [0.25, 0.3) is 0 Å².